The average molecular weight is 406 g/mol. The molecule has 0 saturated carbocycles. The lowest BCUT2D eigenvalue weighted by Crippen LogP contribution is -2.11. The van der Waals surface area contributed by atoms with E-state index in [-0.39, 0.29) is 11.7 Å². The molecular formula is C21H15FN4O2S. The Morgan fingerprint density at radius 2 is 1.66 bits per heavy atom. The topological polar surface area (TPSA) is 77.0 Å². The van der Waals surface area contributed by atoms with E-state index < -0.39 is 0 Å². The zero-order valence-corrected chi connectivity index (χ0v) is 16.1. The normalized spacial score (nSPS) is 10.6. The van der Waals surface area contributed by atoms with Gasteiger partial charge in [0.15, 0.2) is 0 Å². The van der Waals surface area contributed by atoms with Gasteiger partial charge in [-0.05, 0) is 66.1 Å². The van der Waals surface area contributed by atoms with Gasteiger partial charge in [-0.25, -0.2) is 14.4 Å². The molecule has 1 amide bonds. The van der Waals surface area contributed by atoms with Crippen molar-refractivity contribution in [3.63, 3.8) is 0 Å². The van der Waals surface area contributed by atoms with E-state index in [1.807, 2.05) is 24.3 Å². The van der Waals surface area contributed by atoms with Gasteiger partial charge in [-0.15, -0.1) is 0 Å². The highest BCUT2D eigenvalue weighted by molar-refractivity contribution is 7.08. The molecule has 0 aliphatic carbocycles. The van der Waals surface area contributed by atoms with Gasteiger partial charge in [0, 0.05) is 17.2 Å². The van der Waals surface area contributed by atoms with E-state index in [4.69, 9.17) is 4.74 Å². The molecule has 0 radical (unpaired) electrons. The summed E-state index contributed by atoms with van der Waals surface area (Å²) in [5.74, 6) is 0.486. The van der Waals surface area contributed by atoms with E-state index in [0.29, 0.717) is 22.1 Å². The van der Waals surface area contributed by atoms with Crippen LogP contribution in [0, 0.1) is 5.82 Å². The highest BCUT2D eigenvalue weighted by atomic mass is 32.1. The number of nitrogens with one attached hydrogen (secondary N) is 1. The van der Waals surface area contributed by atoms with Gasteiger partial charge in [0.05, 0.1) is 18.5 Å². The van der Waals surface area contributed by atoms with Gasteiger partial charge in [-0.3, -0.25) is 4.79 Å². The van der Waals surface area contributed by atoms with Crippen molar-refractivity contribution in [3.8, 4) is 28.3 Å². The number of hydrogen-bond acceptors (Lipinski definition) is 6. The van der Waals surface area contributed by atoms with Crippen LogP contribution >= 0.6 is 11.5 Å². The maximum atomic E-state index is 13.1. The van der Waals surface area contributed by atoms with Gasteiger partial charge in [0.25, 0.3) is 5.91 Å². The molecule has 0 atom stereocenters. The first kappa shape index (κ1) is 18.7. The fraction of sp³-hybridized carbons (Fsp3) is 0.0476. The zero-order chi connectivity index (χ0) is 20.2. The van der Waals surface area contributed by atoms with E-state index in [2.05, 4.69) is 19.7 Å². The third-order valence-corrected chi connectivity index (χ3v) is 4.96. The van der Waals surface area contributed by atoms with E-state index >= 15 is 0 Å². The molecule has 29 heavy (non-hydrogen) atoms. The van der Waals surface area contributed by atoms with E-state index in [9.17, 15) is 9.18 Å². The monoisotopic (exact) mass is 406 g/mol. The molecule has 6 nitrogen and oxygen atoms in total. The molecule has 2 aromatic heterocycles. The Bertz CT molecular complexity index is 1140. The highest BCUT2D eigenvalue weighted by Gasteiger charge is 2.13. The largest absolute Gasteiger partial charge is 0.497 e. The van der Waals surface area contributed by atoms with Crippen LogP contribution in [0.3, 0.4) is 0 Å². The summed E-state index contributed by atoms with van der Waals surface area (Å²) >= 11 is 1.07. The molecule has 0 unspecified atom stereocenters. The minimum atomic E-state index is -0.324. The zero-order valence-electron chi connectivity index (χ0n) is 15.3. The second-order valence-corrected chi connectivity index (χ2v) is 6.86. The molecular weight excluding hydrogens is 391 g/mol. The number of carbonyl (C=O) groups is 1. The Morgan fingerprint density at radius 3 is 2.38 bits per heavy atom. The van der Waals surface area contributed by atoms with Crippen LogP contribution in [0.1, 0.15) is 9.67 Å². The number of rotatable bonds is 5. The average Bonchev–Trinajstić information content (AvgIpc) is 3.25. The molecule has 4 aromatic rings. The Morgan fingerprint density at radius 1 is 0.966 bits per heavy atom. The van der Waals surface area contributed by atoms with E-state index in [1.165, 1.54) is 18.5 Å². The minimum absolute atomic E-state index is 0.321. The first-order chi connectivity index (χ1) is 14.1. The number of benzene rings is 2. The summed E-state index contributed by atoms with van der Waals surface area (Å²) in [6.45, 7) is 0. The van der Waals surface area contributed by atoms with Crippen LogP contribution < -0.4 is 10.1 Å². The number of methoxy groups -OCH3 is 1. The summed E-state index contributed by atoms with van der Waals surface area (Å²) < 4.78 is 22.5. The van der Waals surface area contributed by atoms with Crippen molar-refractivity contribution in [2.45, 2.75) is 0 Å². The van der Waals surface area contributed by atoms with E-state index in [1.54, 1.807) is 31.4 Å². The standard InChI is InChI=1S/C21H15FN4O2S/c1-28-16-8-4-13(5-9-16)17-11-20(24-12-23-17)25-21(27)19-10-18(26-29-19)14-2-6-15(22)7-3-14/h2-12H,1H3,(H,23,24,25,27). The summed E-state index contributed by atoms with van der Waals surface area (Å²) in [4.78, 5) is 21.4. The van der Waals surface area contributed by atoms with Crippen molar-refractivity contribution in [1.82, 2.24) is 14.3 Å². The molecule has 0 fully saturated rings. The van der Waals surface area contributed by atoms with Crippen LogP contribution in [-0.2, 0) is 0 Å². The maximum Gasteiger partial charge on any atom is 0.268 e. The first-order valence-corrected chi connectivity index (χ1v) is 9.40. The molecule has 2 heterocycles. The van der Waals surface area contributed by atoms with Gasteiger partial charge in [0.2, 0.25) is 0 Å². The Labute approximate surface area is 170 Å². The van der Waals surface area contributed by atoms with Gasteiger partial charge in [0.1, 0.15) is 28.6 Å². The fourth-order valence-electron chi connectivity index (χ4n) is 2.66. The minimum Gasteiger partial charge on any atom is -0.497 e. The second-order valence-electron chi connectivity index (χ2n) is 6.05. The molecule has 0 bridgehead atoms. The third kappa shape index (κ3) is 4.27. The van der Waals surface area contributed by atoms with Crippen LogP contribution in [0.5, 0.6) is 5.75 Å². The molecule has 4 rings (SSSR count). The molecule has 2 aromatic carbocycles. The van der Waals surface area contributed by atoms with Crippen molar-refractivity contribution in [2.24, 2.45) is 0 Å². The smallest absolute Gasteiger partial charge is 0.268 e. The van der Waals surface area contributed by atoms with Crippen molar-refractivity contribution in [3.05, 3.63) is 77.7 Å². The molecule has 1 N–H and O–H groups in total. The summed E-state index contributed by atoms with van der Waals surface area (Å²) in [7, 11) is 1.61. The lowest BCUT2D eigenvalue weighted by molar-refractivity contribution is 0.103. The maximum absolute atomic E-state index is 13.1. The molecule has 0 saturated heterocycles. The van der Waals surface area contributed by atoms with Crippen LogP contribution in [0.25, 0.3) is 22.5 Å². The van der Waals surface area contributed by atoms with Crippen molar-refractivity contribution in [1.29, 1.82) is 0 Å². The lowest BCUT2D eigenvalue weighted by Gasteiger charge is -2.06. The first-order valence-electron chi connectivity index (χ1n) is 8.63. The van der Waals surface area contributed by atoms with Gasteiger partial charge in [-0.1, -0.05) is 0 Å². The van der Waals surface area contributed by atoms with Crippen molar-refractivity contribution < 1.29 is 13.9 Å². The van der Waals surface area contributed by atoms with Gasteiger partial charge in [-0.2, -0.15) is 4.37 Å². The number of anilines is 1. The van der Waals surface area contributed by atoms with Crippen LogP contribution in [0.15, 0.2) is 67.0 Å². The fourth-order valence-corrected chi connectivity index (χ4v) is 3.32. The summed E-state index contributed by atoms with van der Waals surface area (Å²) in [6, 6.07) is 16.8. The van der Waals surface area contributed by atoms with E-state index in [0.717, 1.165) is 28.4 Å². The number of carbonyl (C=O) groups excluding carboxylic acids is 1. The number of hydrogen-bond donors (Lipinski definition) is 1. The predicted molar refractivity (Wildman–Crippen MR) is 109 cm³/mol. The summed E-state index contributed by atoms with van der Waals surface area (Å²) in [6.07, 6.45) is 1.39. The Balaban J connectivity index is 1.50. The molecule has 8 heteroatoms. The third-order valence-electron chi connectivity index (χ3n) is 4.17. The molecule has 0 aliphatic rings. The SMILES string of the molecule is COc1ccc(-c2cc(NC(=O)c3cc(-c4ccc(F)cc4)ns3)ncn2)cc1. The number of aromatic nitrogens is 3. The predicted octanol–water partition coefficient (Wildman–Crippen LogP) is 4.67. The second kappa shape index (κ2) is 8.15. The molecule has 144 valence electrons. The van der Waals surface area contributed by atoms with Crippen molar-refractivity contribution in [2.75, 3.05) is 12.4 Å². The quantitative estimate of drug-likeness (QED) is 0.521. The summed E-state index contributed by atoms with van der Waals surface area (Å²) in [5, 5.41) is 2.76. The molecule has 0 aliphatic heterocycles. The van der Waals surface area contributed by atoms with Crippen LogP contribution in [0.2, 0.25) is 0 Å². The van der Waals surface area contributed by atoms with Crippen LogP contribution in [-0.4, -0.2) is 27.4 Å². The molecule has 0 spiro atoms. The van der Waals surface area contributed by atoms with Gasteiger partial charge < -0.3 is 10.1 Å². The number of ether oxygens (including phenoxy) is 1. The summed E-state index contributed by atoms with van der Waals surface area (Å²) in [5.41, 5.74) is 2.90. The highest BCUT2D eigenvalue weighted by Crippen LogP contribution is 2.24. The van der Waals surface area contributed by atoms with Crippen molar-refractivity contribution >= 4 is 23.3 Å². The number of amides is 1. The number of halogens is 1. The Kier molecular flexibility index (Phi) is 5.26. The van der Waals surface area contributed by atoms with Crippen LogP contribution in [0.4, 0.5) is 10.2 Å². The Hall–Kier alpha value is -3.65. The lowest BCUT2D eigenvalue weighted by atomic mass is 10.1. The van der Waals surface area contributed by atoms with Gasteiger partial charge >= 0.3 is 0 Å². The number of nitrogens with zero attached hydrogens (tertiary/aromatic N) is 3.